The van der Waals surface area contributed by atoms with Gasteiger partial charge in [-0.2, -0.15) is 5.10 Å². The molecule has 2 aromatic rings. The molecule has 3 heterocycles. The van der Waals surface area contributed by atoms with Crippen molar-refractivity contribution in [3.63, 3.8) is 0 Å². The molecule has 1 saturated heterocycles. The fourth-order valence-electron chi connectivity index (χ4n) is 3.09. The average Bonchev–Trinajstić information content (AvgIpc) is 3.20. The van der Waals surface area contributed by atoms with Crippen LogP contribution in [-0.2, 0) is 11.3 Å². The molecule has 0 N–H and O–H groups in total. The van der Waals surface area contributed by atoms with E-state index in [2.05, 4.69) is 25.3 Å². The molecular formula is C16H24N6OS. The summed E-state index contributed by atoms with van der Waals surface area (Å²) in [6, 6.07) is -0.278. The fraction of sp³-hybridized carbons (Fsp3) is 0.625. The van der Waals surface area contributed by atoms with E-state index in [9.17, 15) is 4.79 Å². The minimum Gasteiger partial charge on any atom is -0.338 e. The molecule has 1 amide bonds. The Hall–Kier alpha value is -1.80. The second-order valence-corrected chi connectivity index (χ2v) is 7.59. The highest BCUT2D eigenvalue weighted by Crippen LogP contribution is 2.21. The van der Waals surface area contributed by atoms with Crippen LogP contribution < -0.4 is 0 Å². The van der Waals surface area contributed by atoms with Crippen LogP contribution in [0.25, 0.3) is 0 Å². The highest BCUT2D eigenvalue weighted by atomic mass is 32.1. The second kappa shape index (κ2) is 7.40. The van der Waals surface area contributed by atoms with Crippen LogP contribution in [-0.4, -0.2) is 61.6 Å². The van der Waals surface area contributed by atoms with Crippen LogP contribution >= 0.6 is 11.3 Å². The predicted molar refractivity (Wildman–Crippen MR) is 92.6 cm³/mol. The summed E-state index contributed by atoms with van der Waals surface area (Å²) in [6.45, 7) is 10.2. The Labute approximate surface area is 146 Å². The molecule has 24 heavy (non-hydrogen) atoms. The molecule has 8 heteroatoms. The van der Waals surface area contributed by atoms with Crippen molar-refractivity contribution in [3.05, 3.63) is 28.7 Å². The third-order valence-electron chi connectivity index (χ3n) is 4.34. The molecule has 1 atom stereocenters. The summed E-state index contributed by atoms with van der Waals surface area (Å²) in [5, 5.41) is 7.39. The predicted octanol–water partition coefficient (Wildman–Crippen LogP) is 1.58. The first-order valence-corrected chi connectivity index (χ1v) is 9.19. The van der Waals surface area contributed by atoms with Gasteiger partial charge in [0, 0.05) is 38.1 Å². The molecule has 0 radical (unpaired) electrons. The highest BCUT2D eigenvalue weighted by Gasteiger charge is 2.31. The van der Waals surface area contributed by atoms with Crippen LogP contribution in [0.3, 0.4) is 0 Å². The molecule has 0 aromatic carbocycles. The number of aromatic nitrogens is 4. The zero-order valence-corrected chi connectivity index (χ0v) is 15.2. The second-order valence-electron chi connectivity index (χ2n) is 6.52. The van der Waals surface area contributed by atoms with E-state index in [4.69, 9.17) is 0 Å². The lowest BCUT2D eigenvalue weighted by Crippen LogP contribution is -2.51. The van der Waals surface area contributed by atoms with E-state index in [-0.39, 0.29) is 17.9 Å². The van der Waals surface area contributed by atoms with E-state index in [1.807, 2.05) is 25.7 Å². The molecule has 2 aromatic heterocycles. The first-order chi connectivity index (χ1) is 11.5. The van der Waals surface area contributed by atoms with Crippen molar-refractivity contribution in [1.82, 2.24) is 29.5 Å². The number of hydrogen-bond donors (Lipinski definition) is 0. The lowest BCUT2D eigenvalue weighted by atomic mass is 10.0. The lowest BCUT2D eigenvalue weighted by molar-refractivity contribution is -0.138. The summed E-state index contributed by atoms with van der Waals surface area (Å²) < 4.78 is 1.68. The topological polar surface area (TPSA) is 67.2 Å². The van der Waals surface area contributed by atoms with Gasteiger partial charge in [0.05, 0.1) is 10.7 Å². The molecular weight excluding hydrogens is 324 g/mol. The number of piperazine rings is 1. The van der Waals surface area contributed by atoms with Crippen LogP contribution in [0.2, 0.25) is 0 Å². The van der Waals surface area contributed by atoms with E-state index in [0.717, 1.165) is 43.4 Å². The number of carbonyl (C=O) groups is 1. The van der Waals surface area contributed by atoms with Crippen molar-refractivity contribution in [2.45, 2.75) is 33.4 Å². The fourth-order valence-corrected chi connectivity index (χ4v) is 3.69. The summed E-state index contributed by atoms with van der Waals surface area (Å²) in [5.74, 6) is 0.315. The van der Waals surface area contributed by atoms with Crippen molar-refractivity contribution < 1.29 is 4.79 Å². The summed E-state index contributed by atoms with van der Waals surface area (Å²) >= 11 is 1.69. The molecule has 0 aliphatic carbocycles. The molecule has 3 rings (SSSR count). The Morgan fingerprint density at radius 1 is 1.29 bits per heavy atom. The largest absolute Gasteiger partial charge is 0.338 e. The van der Waals surface area contributed by atoms with E-state index in [0.29, 0.717) is 0 Å². The summed E-state index contributed by atoms with van der Waals surface area (Å²) in [4.78, 5) is 25.7. The van der Waals surface area contributed by atoms with Crippen LogP contribution in [0, 0.1) is 12.8 Å². The summed E-state index contributed by atoms with van der Waals surface area (Å²) in [6.07, 6.45) is 3.11. The van der Waals surface area contributed by atoms with Gasteiger partial charge in [-0.1, -0.05) is 13.8 Å². The number of amides is 1. The Kier molecular flexibility index (Phi) is 5.25. The molecule has 1 aliphatic rings. The molecule has 0 saturated carbocycles. The third kappa shape index (κ3) is 3.81. The first-order valence-electron chi connectivity index (χ1n) is 8.31. The maximum Gasteiger partial charge on any atom is 0.247 e. The van der Waals surface area contributed by atoms with Gasteiger partial charge >= 0.3 is 0 Å². The van der Waals surface area contributed by atoms with Gasteiger partial charge in [-0.25, -0.2) is 14.6 Å². The monoisotopic (exact) mass is 348 g/mol. The number of carbonyl (C=O) groups excluding carboxylic acids is 1. The summed E-state index contributed by atoms with van der Waals surface area (Å²) in [5.41, 5.74) is 1.12. The van der Waals surface area contributed by atoms with Gasteiger partial charge in [-0.05, 0) is 12.8 Å². The van der Waals surface area contributed by atoms with Crippen LogP contribution in [0.4, 0.5) is 0 Å². The van der Waals surface area contributed by atoms with Gasteiger partial charge in [0.2, 0.25) is 5.91 Å². The summed E-state index contributed by atoms with van der Waals surface area (Å²) in [7, 11) is 0. The molecule has 1 fully saturated rings. The third-order valence-corrected chi connectivity index (χ3v) is 5.16. The van der Waals surface area contributed by atoms with Gasteiger partial charge in [0.1, 0.15) is 18.7 Å². The van der Waals surface area contributed by atoms with Crippen molar-refractivity contribution in [2.24, 2.45) is 5.92 Å². The lowest BCUT2D eigenvalue weighted by Gasteiger charge is -2.36. The number of hydrogen-bond acceptors (Lipinski definition) is 6. The Morgan fingerprint density at radius 3 is 2.58 bits per heavy atom. The zero-order chi connectivity index (χ0) is 17.1. The molecule has 1 aliphatic heterocycles. The van der Waals surface area contributed by atoms with Crippen LogP contribution in [0.15, 0.2) is 18.0 Å². The van der Waals surface area contributed by atoms with Gasteiger partial charge in [-0.3, -0.25) is 9.69 Å². The normalized spacial score (nSPS) is 17.4. The smallest absolute Gasteiger partial charge is 0.247 e. The van der Waals surface area contributed by atoms with Crippen molar-refractivity contribution >= 4 is 17.2 Å². The van der Waals surface area contributed by atoms with Gasteiger partial charge in [0.15, 0.2) is 0 Å². The SMILES string of the molecule is Cc1nc(CN2CCN(C(=O)[C@H](C(C)C)n3cncn3)CC2)cs1. The van der Waals surface area contributed by atoms with E-state index in [1.54, 1.807) is 22.3 Å². The van der Waals surface area contributed by atoms with Crippen molar-refractivity contribution in [1.29, 1.82) is 0 Å². The molecule has 0 spiro atoms. The maximum atomic E-state index is 12.9. The Morgan fingerprint density at radius 2 is 2.04 bits per heavy atom. The van der Waals surface area contributed by atoms with Crippen LogP contribution in [0.1, 0.15) is 30.6 Å². The van der Waals surface area contributed by atoms with E-state index in [1.165, 1.54) is 6.33 Å². The zero-order valence-electron chi connectivity index (χ0n) is 14.4. The van der Waals surface area contributed by atoms with Crippen LogP contribution in [0.5, 0.6) is 0 Å². The van der Waals surface area contributed by atoms with Gasteiger partial charge in [0.25, 0.3) is 0 Å². The Balaban J connectivity index is 1.58. The van der Waals surface area contributed by atoms with Gasteiger partial charge in [-0.15, -0.1) is 11.3 Å². The quantitative estimate of drug-likeness (QED) is 0.821. The standard InChI is InChI=1S/C16H24N6OS/c1-12(2)15(22-11-17-10-18-22)16(23)21-6-4-20(5-7-21)8-14-9-24-13(3)19-14/h9-12,15H,4-8H2,1-3H3/t15-/m0/s1. The number of nitrogens with zero attached hydrogens (tertiary/aromatic N) is 6. The minimum atomic E-state index is -0.278. The maximum absolute atomic E-state index is 12.9. The van der Waals surface area contributed by atoms with Gasteiger partial charge < -0.3 is 4.90 Å². The Bertz CT molecular complexity index is 660. The molecule has 0 bridgehead atoms. The molecule has 0 unspecified atom stereocenters. The average molecular weight is 348 g/mol. The number of thiazole rings is 1. The number of rotatable bonds is 5. The minimum absolute atomic E-state index is 0.139. The first kappa shape index (κ1) is 17.0. The highest BCUT2D eigenvalue weighted by molar-refractivity contribution is 7.09. The van der Waals surface area contributed by atoms with E-state index >= 15 is 0 Å². The number of aryl methyl sites for hydroxylation is 1. The molecule has 130 valence electrons. The molecule has 7 nitrogen and oxygen atoms in total. The van der Waals surface area contributed by atoms with Crippen molar-refractivity contribution in [2.75, 3.05) is 26.2 Å². The van der Waals surface area contributed by atoms with E-state index < -0.39 is 0 Å². The van der Waals surface area contributed by atoms with Crippen molar-refractivity contribution in [3.8, 4) is 0 Å².